The Balaban J connectivity index is 3.21. The standard InChI is InChI=1S/C7H4F3O/c8-5-1-4(3-11)2-6(9)7(5)10/h1-2H,3H2. The molecular weight excluding hydrogens is 157 g/mol. The summed E-state index contributed by atoms with van der Waals surface area (Å²) < 4.78 is 36.7. The van der Waals surface area contributed by atoms with Crippen LogP contribution in [-0.4, -0.2) is 0 Å². The smallest absolute Gasteiger partial charge is 0.194 e. The monoisotopic (exact) mass is 161 g/mol. The minimum absolute atomic E-state index is 0.0959. The van der Waals surface area contributed by atoms with E-state index < -0.39 is 24.1 Å². The maximum atomic E-state index is 12.3. The lowest BCUT2D eigenvalue weighted by atomic mass is 10.2. The van der Waals surface area contributed by atoms with Crippen molar-refractivity contribution in [2.24, 2.45) is 0 Å². The number of halogens is 3. The van der Waals surface area contributed by atoms with Gasteiger partial charge in [-0.05, 0) is 17.7 Å². The normalized spacial score (nSPS) is 10.2. The maximum absolute atomic E-state index is 12.3. The summed E-state index contributed by atoms with van der Waals surface area (Å²) in [7, 11) is 0. The first-order chi connectivity index (χ1) is 5.15. The molecule has 0 saturated carbocycles. The molecule has 0 aliphatic heterocycles. The predicted octanol–water partition coefficient (Wildman–Crippen LogP) is 2.03. The van der Waals surface area contributed by atoms with Crippen LogP contribution in [0.5, 0.6) is 0 Å². The molecule has 0 unspecified atom stereocenters. The van der Waals surface area contributed by atoms with Crippen molar-refractivity contribution in [3.63, 3.8) is 0 Å². The van der Waals surface area contributed by atoms with E-state index in [1.165, 1.54) is 0 Å². The summed E-state index contributed by atoms with van der Waals surface area (Å²) in [6.07, 6.45) is 0. The molecule has 59 valence electrons. The Labute approximate surface area is 61.1 Å². The minimum Gasteiger partial charge on any atom is -0.232 e. The highest BCUT2D eigenvalue weighted by atomic mass is 19.2. The van der Waals surface area contributed by atoms with Gasteiger partial charge in [0.15, 0.2) is 17.5 Å². The van der Waals surface area contributed by atoms with E-state index in [0.29, 0.717) is 12.1 Å². The zero-order valence-electron chi connectivity index (χ0n) is 5.40. The number of rotatable bonds is 1. The van der Waals surface area contributed by atoms with Crippen LogP contribution in [0.1, 0.15) is 5.56 Å². The van der Waals surface area contributed by atoms with Gasteiger partial charge in [0.25, 0.3) is 0 Å². The lowest BCUT2D eigenvalue weighted by molar-refractivity contribution is 0.176. The van der Waals surface area contributed by atoms with Crippen molar-refractivity contribution in [2.75, 3.05) is 0 Å². The predicted molar refractivity (Wildman–Crippen MR) is 30.7 cm³/mol. The fourth-order valence-corrected chi connectivity index (χ4v) is 0.691. The first-order valence-corrected chi connectivity index (χ1v) is 2.86. The SMILES string of the molecule is [O]Cc1cc(F)c(F)c(F)c1. The Hall–Kier alpha value is -1.03. The lowest BCUT2D eigenvalue weighted by Gasteiger charge is -1.97. The Bertz CT molecular complexity index is 249. The van der Waals surface area contributed by atoms with Crippen molar-refractivity contribution in [3.8, 4) is 0 Å². The summed E-state index contributed by atoms with van der Waals surface area (Å²) in [4.78, 5) is 0. The van der Waals surface area contributed by atoms with Gasteiger partial charge in [0.05, 0.1) is 0 Å². The third-order valence-corrected chi connectivity index (χ3v) is 1.21. The first kappa shape index (κ1) is 8.07. The number of hydrogen-bond acceptors (Lipinski definition) is 0. The van der Waals surface area contributed by atoms with E-state index in [2.05, 4.69) is 0 Å². The third-order valence-electron chi connectivity index (χ3n) is 1.21. The molecule has 1 aromatic carbocycles. The molecule has 0 aliphatic carbocycles. The molecule has 0 N–H and O–H groups in total. The van der Waals surface area contributed by atoms with Crippen LogP contribution < -0.4 is 0 Å². The van der Waals surface area contributed by atoms with Crippen molar-refractivity contribution in [2.45, 2.75) is 6.61 Å². The van der Waals surface area contributed by atoms with Crippen molar-refractivity contribution in [1.82, 2.24) is 0 Å². The largest absolute Gasteiger partial charge is 0.232 e. The molecule has 0 saturated heterocycles. The fourth-order valence-electron chi connectivity index (χ4n) is 0.691. The van der Waals surface area contributed by atoms with Crippen LogP contribution in [0.15, 0.2) is 12.1 Å². The molecule has 0 amide bonds. The van der Waals surface area contributed by atoms with E-state index in [-0.39, 0.29) is 5.56 Å². The van der Waals surface area contributed by atoms with Gasteiger partial charge < -0.3 is 0 Å². The van der Waals surface area contributed by atoms with Crippen LogP contribution in [0, 0.1) is 17.5 Å². The molecule has 0 spiro atoms. The molecule has 0 aromatic heterocycles. The minimum atomic E-state index is -1.54. The van der Waals surface area contributed by atoms with Gasteiger partial charge in [-0.1, -0.05) is 0 Å². The Kier molecular flexibility index (Phi) is 2.14. The van der Waals surface area contributed by atoms with Crippen molar-refractivity contribution in [1.29, 1.82) is 0 Å². The summed E-state index contributed by atoms with van der Waals surface area (Å²) in [6, 6.07) is 1.37. The van der Waals surface area contributed by atoms with Crippen molar-refractivity contribution in [3.05, 3.63) is 35.1 Å². The van der Waals surface area contributed by atoms with Gasteiger partial charge in [-0.25, -0.2) is 18.3 Å². The lowest BCUT2D eigenvalue weighted by Crippen LogP contribution is -1.93. The average molecular weight is 161 g/mol. The summed E-state index contributed by atoms with van der Waals surface area (Å²) in [5, 5.41) is 10.1. The maximum Gasteiger partial charge on any atom is 0.194 e. The average Bonchev–Trinajstić information content (AvgIpc) is 1.99. The van der Waals surface area contributed by atoms with Gasteiger partial charge in [0.1, 0.15) is 6.61 Å². The van der Waals surface area contributed by atoms with Crippen LogP contribution in [0.25, 0.3) is 0 Å². The quantitative estimate of drug-likeness (QED) is 0.561. The summed E-state index contributed by atoms with van der Waals surface area (Å²) in [5.74, 6) is -4.19. The molecule has 1 radical (unpaired) electrons. The Morgan fingerprint density at radius 3 is 1.91 bits per heavy atom. The van der Waals surface area contributed by atoms with Crippen LogP contribution in [0.2, 0.25) is 0 Å². The molecule has 1 aromatic rings. The summed E-state index contributed by atoms with van der Waals surface area (Å²) >= 11 is 0. The van der Waals surface area contributed by atoms with Crippen LogP contribution in [0.4, 0.5) is 13.2 Å². The third kappa shape index (κ3) is 1.51. The molecule has 11 heavy (non-hydrogen) atoms. The van der Waals surface area contributed by atoms with E-state index in [4.69, 9.17) is 0 Å². The second-order valence-corrected chi connectivity index (χ2v) is 2.02. The van der Waals surface area contributed by atoms with Crippen molar-refractivity contribution >= 4 is 0 Å². The highest BCUT2D eigenvalue weighted by molar-refractivity contribution is 5.18. The van der Waals surface area contributed by atoms with Crippen LogP contribution >= 0.6 is 0 Å². The fraction of sp³-hybridized carbons (Fsp3) is 0.143. The van der Waals surface area contributed by atoms with E-state index in [1.807, 2.05) is 0 Å². The van der Waals surface area contributed by atoms with Gasteiger partial charge in [-0.3, -0.25) is 0 Å². The molecule has 1 nitrogen and oxygen atoms in total. The summed E-state index contributed by atoms with van der Waals surface area (Å²) in [6.45, 7) is -0.756. The zero-order valence-corrected chi connectivity index (χ0v) is 5.40. The van der Waals surface area contributed by atoms with E-state index in [1.54, 1.807) is 0 Å². The van der Waals surface area contributed by atoms with Gasteiger partial charge in [0, 0.05) is 0 Å². The summed E-state index contributed by atoms with van der Waals surface area (Å²) in [5.41, 5.74) is -0.0959. The van der Waals surface area contributed by atoms with Gasteiger partial charge in [-0.15, -0.1) is 0 Å². The topological polar surface area (TPSA) is 19.9 Å². The number of benzene rings is 1. The molecule has 4 heteroatoms. The molecule has 0 fully saturated rings. The first-order valence-electron chi connectivity index (χ1n) is 2.86. The zero-order chi connectivity index (χ0) is 8.43. The molecule has 0 aliphatic rings. The molecule has 0 atom stereocenters. The second kappa shape index (κ2) is 2.92. The van der Waals surface area contributed by atoms with Crippen molar-refractivity contribution < 1.29 is 18.3 Å². The molecule has 0 bridgehead atoms. The van der Waals surface area contributed by atoms with Crippen LogP contribution in [-0.2, 0) is 11.7 Å². The Morgan fingerprint density at radius 2 is 1.55 bits per heavy atom. The number of hydrogen-bond donors (Lipinski definition) is 0. The molecular formula is C7H4F3O. The van der Waals surface area contributed by atoms with E-state index in [0.717, 1.165) is 0 Å². The van der Waals surface area contributed by atoms with E-state index >= 15 is 0 Å². The van der Waals surface area contributed by atoms with Crippen LogP contribution in [0.3, 0.4) is 0 Å². The van der Waals surface area contributed by atoms with Gasteiger partial charge >= 0.3 is 0 Å². The molecule has 1 rings (SSSR count). The van der Waals surface area contributed by atoms with Gasteiger partial charge in [0.2, 0.25) is 0 Å². The Morgan fingerprint density at radius 1 is 1.09 bits per heavy atom. The van der Waals surface area contributed by atoms with Gasteiger partial charge in [-0.2, -0.15) is 0 Å². The molecule has 0 heterocycles. The second-order valence-electron chi connectivity index (χ2n) is 2.02. The highest BCUT2D eigenvalue weighted by Crippen LogP contribution is 2.13. The van der Waals surface area contributed by atoms with E-state index in [9.17, 15) is 18.3 Å². The highest BCUT2D eigenvalue weighted by Gasteiger charge is 2.09.